The minimum absolute atomic E-state index is 0.258. The lowest BCUT2D eigenvalue weighted by Crippen LogP contribution is -2.27. The van der Waals surface area contributed by atoms with E-state index in [1.165, 1.54) is 6.26 Å². The van der Waals surface area contributed by atoms with E-state index in [9.17, 15) is 4.79 Å². The molecule has 1 aromatic carbocycles. The summed E-state index contributed by atoms with van der Waals surface area (Å²) in [6, 6.07) is 9.35. The van der Waals surface area contributed by atoms with Crippen LogP contribution in [-0.4, -0.2) is 30.4 Å². The largest absolute Gasteiger partial charge is 0.442 e. The number of nitrogens with zero attached hydrogens (tertiary/aromatic N) is 3. The van der Waals surface area contributed by atoms with Crippen molar-refractivity contribution in [1.82, 2.24) is 5.16 Å². The molecule has 24 heavy (non-hydrogen) atoms. The van der Waals surface area contributed by atoms with Gasteiger partial charge in [0.25, 0.3) is 5.54 Å². The van der Waals surface area contributed by atoms with Crippen LogP contribution >= 0.6 is 0 Å². The molecule has 0 radical (unpaired) electrons. The highest BCUT2D eigenvalue weighted by atomic mass is 16.6. The van der Waals surface area contributed by atoms with Gasteiger partial charge in [0.1, 0.15) is 12.4 Å². The molecule has 1 aromatic heterocycles. The number of rotatable bonds is 5. The van der Waals surface area contributed by atoms with E-state index in [1.54, 1.807) is 11.0 Å². The van der Waals surface area contributed by atoms with Gasteiger partial charge in [0.15, 0.2) is 5.82 Å². The molecule has 0 spiro atoms. The minimum atomic E-state index is -0.360. The van der Waals surface area contributed by atoms with Crippen molar-refractivity contribution in [2.75, 3.05) is 23.3 Å². The predicted molar refractivity (Wildman–Crippen MR) is 86.6 cm³/mol. The molecule has 2 aromatic rings. The van der Waals surface area contributed by atoms with Crippen molar-refractivity contribution in [3.63, 3.8) is 0 Å². The molecule has 2 heterocycles. The molecule has 122 valence electrons. The SMILES string of the molecule is [C-]#[N+]C1(c2ccc(N3C[C@H](CNc4ccon4)OC3=O)cc2)CC1. The molecule has 0 unspecified atom stereocenters. The zero-order valence-electron chi connectivity index (χ0n) is 12.9. The number of benzene rings is 1. The molecule has 1 saturated carbocycles. The van der Waals surface area contributed by atoms with Crippen LogP contribution in [0.5, 0.6) is 0 Å². The molecule has 1 N–H and O–H groups in total. The Bertz CT molecular complexity index is 775. The van der Waals surface area contributed by atoms with Crippen molar-refractivity contribution in [2.24, 2.45) is 0 Å². The Balaban J connectivity index is 1.41. The number of hydrogen-bond acceptors (Lipinski definition) is 5. The predicted octanol–water partition coefficient (Wildman–Crippen LogP) is 3.02. The first-order chi connectivity index (χ1) is 11.7. The topological polar surface area (TPSA) is 72.0 Å². The third kappa shape index (κ3) is 2.56. The van der Waals surface area contributed by atoms with Crippen molar-refractivity contribution in [2.45, 2.75) is 24.5 Å². The van der Waals surface area contributed by atoms with E-state index < -0.39 is 0 Å². The van der Waals surface area contributed by atoms with Gasteiger partial charge in [-0.15, -0.1) is 0 Å². The summed E-state index contributed by atoms with van der Waals surface area (Å²) in [6.45, 7) is 8.25. The van der Waals surface area contributed by atoms with E-state index in [-0.39, 0.29) is 17.7 Å². The fraction of sp³-hybridized carbons (Fsp3) is 0.353. The van der Waals surface area contributed by atoms with Gasteiger partial charge in [-0.05, 0) is 24.3 Å². The maximum atomic E-state index is 12.1. The summed E-state index contributed by atoms with van der Waals surface area (Å²) >= 11 is 0. The van der Waals surface area contributed by atoms with Crippen LogP contribution in [-0.2, 0) is 10.3 Å². The second-order valence-corrected chi connectivity index (χ2v) is 6.07. The molecule has 2 aliphatic rings. The molecule has 1 amide bonds. The number of carbonyl (C=O) groups excluding carboxylic acids is 1. The number of ether oxygens (including phenoxy) is 1. The highest BCUT2D eigenvalue weighted by Crippen LogP contribution is 2.49. The molecule has 4 rings (SSSR count). The van der Waals surface area contributed by atoms with Gasteiger partial charge in [0, 0.05) is 30.2 Å². The summed E-state index contributed by atoms with van der Waals surface area (Å²) in [5.41, 5.74) is 1.49. The zero-order chi connectivity index (χ0) is 16.6. The molecule has 1 saturated heterocycles. The molecule has 7 heteroatoms. The van der Waals surface area contributed by atoms with Gasteiger partial charge in [-0.2, -0.15) is 0 Å². The van der Waals surface area contributed by atoms with Gasteiger partial charge in [0.05, 0.1) is 13.1 Å². The standard InChI is InChI=1S/C17H16N4O3/c1-18-17(7-8-17)12-2-4-13(5-3-12)21-11-14(24-16(21)22)10-19-15-6-9-23-20-15/h2-6,9,14H,7-8,10-11H2,(H,19,20)/t14-/m0/s1. The third-order valence-corrected chi connectivity index (χ3v) is 4.48. The van der Waals surface area contributed by atoms with Crippen molar-refractivity contribution >= 4 is 17.6 Å². The quantitative estimate of drug-likeness (QED) is 0.856. The summed E-state index contributed by atoms with van der Waals surface area (Å²) < 4.78 is 10.1. The fourth-order valence-electron chi connectivity index (χ4n) is 2.90. The van der Waals surface area contributed by atoms with E-state index in [0.29, 0.717) is 18.9 Å². The Morgan fingerprint density at radius 1 is 1.33 bits per heavy atom. The molecular formula is C17H16N4O3. The zero-order valence-corrected chi connectivity index (χ0v) is 12.9. The lowest BCUT2D eigenvalue weighted by atomic mass is 10.1. The van der Waals surface area contributed by atoms with E-state index in [1.807, 2.05) is 24.3 Å². The van der Waals surface area contributed by atoms with Gasteiger partial charge < -0.3 is 19.4 Å². The highest BCUT2D eigenvalue weighted by molar-refractivity contribution is 5.89. The second kappa shape index (κ2) is 5.57. The molecule has 1 aliphatic carbocycles. The van der Waals surface area contributed by atoms with E-state index in [4.69, 9.17) is 15.8 Å². The third-order valence-electron chi connectivity index (χ3n) is 4.48. The Labute approximate surface area is 139 Å². The number of nitrogens with one attached hydrogen (secondary N) is 1. The first kappa shape index (κ1) is 14.6. The average Bonchev–Trinajstić information content (AvgIpc) is 3.06. The summed E-state index contributed by atoms with van der Waals surface area (Å²) in [7, 11) is 0. The Morgan fingerprint density at radius 2 is 2.12 bits per heavy atom. The normalized spacial score (nSPS) is 21.2. The number of hydrogen-bond donors (Lipinski definition) is 1. The molecule has 2 fully saturated rings. The van der Waals surface area contributed by atoms with Crippen molar-refractivity contribution in [3.8, 4) is 0 Å². The average molecular weight is 324 g/mol. The summed E-state index contributed by atoms with van der Waals surface area (Å²) in [4.78, 5) is 17.4. The van der Waals surface area contributed by atoms with Crippen LogP contribution in [0.15, 0.2) is 41.1 Å². The fourth-order valence-corrected chi connectivity index (χ4v) is 2.90. The molecule has 1 atom stereocenters. The van der Waals surface area contributed by atoms with Crippen molar-refractivity contribution in [3.05, 3.63) is 53.6 Å². The number of cyclic esters (lactones) is 1. The lowest BCUT2D eigenvalue weighted by molar-refractivity contribution is 0.147. The van der Waals surface area contributed by atoms with Crippen molar-refractivity contribution in [1.29, 1.82) is 0 Å². The first-order valence-corrected chi connectivity index (χ1v) is 7.82. The van der Waals surface area contributed by atoms with Crippen LogP contribution in [0, 0.1) is 6.57 Å². The Kier molecular flexibility index (Phi) is 3.38. The summed E-state index contributed by atoms with van der Waals surface area (Å²) in [6.07, 6.45) is 2.69. The molecule has 0 bridgehead atoms. The first-order valence-electron chi connectivity index (χ1n) is 7.82. The van der Waals surface area contributed by atoms with Crippen LogP contribution in [0.25, 0.3) is 4.85 Å². The highest BCUT2D eigenvalue weighted by Gasteiger charge is 2.52. The monoisotopic (exact) mass is 324 g/mol. The van der Waals surface area contributed by atoms with Crippen LogP contribution in [0.4, 0.5) is 16.3 Å². The maximum absolute atomic E-state index is 12.1. The Hall–Kier alpha value is -3.01. The van der Waals surface area contributed by atoms with Gasteiger partial charge in [-0.25, -0.2) is 11.4 Å². The number of aromatic nitrogens is 1. The van der Waals surface area contributed by atoms with Crippen LogP contribution < -0.4 is 10.2 Å². The van der Waals surface area contributed by atoms with Crippen LogP contribution in [0.1, 0.15) is 18.4 Å². The minimum Gasteiger partial charge on any atom is -0.442 e. The lowest BCUT2D eigenvalue weighted by Gasteiger charge is -2.14. The van der Waals surface area contributed by atoms with Crippen LogP contribution in [0.2, 0.25) is 0 Å². The van der Waals surface area contributed by atoms with Crippen molar-refractivity contribution < 1.29 is 14.1 Å². The molecule has 7 nitrogen and oxygen atoms in total. The Morgan fingerprint density at radius 3 is 2.75 bits per heavy atom. The van der Waals surface area contributed by atoms with Gasteiger partial charge in [-0.1, -0.05) is 5.16 Å². The number of anilines is 2. The molecule has 1 aliphatic heterocycles. The van der Waals surface area contributed by atoms with Gasteiger partial charge >= 0.3 is 6.09 Å². The summed E-state index contributed by atoms with van der Waals surface area (Å²) in [5, 5.41) is 6.82. The van der Waals surface area contributed by atoms with Gasteiger partial charge in [-0.3, -0.25) is 4.90 Å². The molecular weight excluding hydrogens is 308 g/mol. The summed E-state index contributed by atoms with van der Waals surface area (Å²) in [5.74, 6) is 0.614. The smallest absolute Gasteiger partial charge is 0.414 e. The van der Waals surface area contributed by atoms with E-state index >= 15 is 0 Å². The number of carbonyl (C=O) groups is 1. The van der Waals surface area contributed by atoms with E-state index in [0.717, 1.165) is 24.1 Å². The maximum Gasteiger partial charge on any atom is 0.414 e. The van der Waals surface area contributed by atoms with Crippen LogP contribution in [0.3, 0.4) is 0 Å². The second-order valence-electron chi connectivity index (χ2n) is 6.07. The van der Waals surface area contributed by atoms with Gasteiger partial charge in [0.2, 0.25) is 0 Å². The van der Waals surface area contributed by atoms with E-state index in [2.05, 4.69) is 15.3 Å². The number of amides is 1.